The molecule has 0 aliphatic carbocycles. The van der Waals surface area contributed by atoms with Crippen molar-refractivity contribution in [1.82, 2.24) is 14.1 Å². The fourth-order valence-corrected chi connectivity index (χ4v) is 2.11. The van der Waals surface area contributed by atoms with Gasteiger partial charge >= 0.3 is 18.2 Å². The lowest BCUT2D eigenvalue weighted by atomic mass is 10.2. The van der Waals surface area contributed by atoms with Gasteiger partial charge in [0.25, 0.3) is 0 Å². The van der Waals surface area contributed by atoms with Gasteiger partial charge in [0.2, 0.25) is 0 Å². The number of hydroxylamine groups is 1. The molecule has 0 bridgehead atoms. The zero-order chi connectivity index (χ0) is 19.7. The quantitative estimate of drug-likeness (QED) is 0.320. The van der Waals surface area contributed by atoms with Gasteiger partial charge in [0.05, 0.1) is 25.3 Å². The van der Waals surface area contributed by atoms with Crippen LogP contribution in [0.4, 0.5) is 9.59 Å². The molecule has 9 nitrogen and oxygen atoms in total. The first kappa shape index (κ1) is 21.7. The van der Waals surface area contributed by atoms with E-state index in [0.29, 0.717) is 0 Å². The molecule has 1 unspecified atom stereocenters. The van der Waals surface area contributed by atoms with Crippen LogP contribution < -0.4 is 10.2 Å². The van der Waals surface area contributed by atoms with E-state index in [1.807, 2.05) is 0 Å². The van der Waals surface area contributed by atoms with Gasteiger partial charge < -0.3 is 14.3 Å². The Morgan fingerprint density at radius 3 is 2.42 bits per heavy atom. The van der Waals surface area contributed by atoms with Crippen molar-refractivity contribution in [2.45, 2.75) is 13.0 Å². The van der Waals surface area contributed by atoms with Crippen LogP contribution in [-0.4, -0.2) is 59.4 Å². The van der Waals surface area contributed by atoms with Crippen LogP contribution in [0.2, 0.25) is 0 Å². The molecular formula is C15H19N3O6S2. The van der Waals surface area contributed by atoms with Crippen molar-refractivity contribution in [3.05, 3.63) is 29.8 Å². The van der Waals surface area contributed by atoms with E-state index < -0.39 is 18.2 Å². The zero-order valence-electron chi connectivity index (χ0n) is 14.6. The van der Waals surface area contributed by atoms with Crippen molar-refractivity contribution in [3.63, 3.8) is 0 Å². The van der Waals surface area contributed by atoms with E-state index in [4.69, 9.17) is 21.8 Å². The zero-order valence-corrected chi connectivity index (χ0v) is 16.3. The lowest BCUT2D eigenvalue weighted by Gasteiger charge is -2.22. The van der Waals surface area contributed by atoms with E-state index in [-0.39, 0.29) is 17.4 Å². The SMILES string of the molecule is COC(=O)c1ccccc1OC(=O)N(C)SN(C)C(=O)ONC(C)C=S. The van der Waals surface area contributed by atoms with Gasteiger partial charge in [-0.2, -0.15) is 0 Å². The van der Waals surface area contributed by atoms with Gasteiger partial charge in [0, 0.05) is 14.1 Å². The van der Waals surface area contributed by atoms with Crippen LogP contribution in [-0.2, 0) is 9.57 Å². The molecule has 142 valence electrons. The van der Waals surface area contributed by atoms with Crippen LogP contribution in [0.15, 0.2) is 24.3 Å². The third-order valence-corrected chi connectivity index (χ3v) is 3.98. The second-order valence-electron chi connectivity index (χ2n) is 4.84. The molecule has 0 aromatic heterocycles. The summed E-state index contributed by atoms with van der Waals surface area (Å²) in [4.78, 5) is 40.4. The van der Waals surface area contributed by atoms with Crippen LogP contribution in [0, 0.1) is 0 Å². The second-order valence-corrected chi connectivity index (χ2v) is 6.37. The van der Waals surface area contributed by atoms with Crippen molar-refractivity contribution in [2.24, 2.45) is 0 Å². The Labute approximate surface area is 160 Å². The summed E-state index contributed by atoms with van der Waals surface area (Å²) in [6, 6.07) is 5.84. The molecule has 0 saturated heterocycles. The summed E-state index contributed by atoms with van der Waals surface area (Å²) < 4.78 is 11.9. The molecule has 1 rings (SSSR count). The highest BCUT2D eigenvalue weighted by molar-refractivity contribution is 7.95. The smallest absolute Gasteiger partial charge is 0.439 e. The first-order valence-corrected chi connectivity index (χ1v) is 8.46. The fraction of sp³-hybridized carbons (Fsp3) is 0.333. The van der Waals surface area contributed by atoms with E-state index in [0.717, 1.165) is 20.7 Å². The number of hydrogen-bond acceptors (Lipinski definition) is 9. The van der Waals surface area contributed by atoms with E-state index in [1.54, 1.807) is 19.1 Å². The Morgan fingerprint density at radius 1 is 1.19 bits per heavy atom. The normalized spacial score (nSPS) is 11.1. The summed E-state index contributed by atoms with van der Waals surface area (Å²) in [6.45, 7) is 1.70. The third-order valence-electron chi connectivity index (χ3n) is 2.79. The number of nitrogens with zero attached hydrogens (tertiary/aromatic N) is 2. The molecule has 1 atom stereocenters. The lowest BCUT2D eigenvalue weighted by Crippen LogP contribution is -2.36. The van der Waals surface area contributed by atoms with Crippen molar-refractivity contribution in [1.29, 1.82) is 0 Å². The Balaban J connectivity index is 2.64. The molecule has 0 aliphatic rings. The third kappa shape index (κ3) is 6.50. The summed E-state index contributed by atoms with van der Waals surface area (Å²) in [5.74, 6) is -0.596. The molecule has 0 radical (unpaired) electrons. The van der Waals surface area contributed by atoms with Crippen LogP contribution in [0.3, 0.4) is 0 Å². The number of ether oxygens (including phenoxy) is 2. The largest absolute Gasteiger partial charge is 0.465 e. The van der Waals surface area contributed by atoms with E-state index in [2.05, 4.69) is 10.2 Å². The molecule has 26 heavy (non-hydrogen) atoms. The second kappa shape index (κ2) is 10.6. The first-order chi connectivity index (χ1) is 12.3. The minimum atomic E-state index is -0.800. The number of methoxy groups -OCH3 is 1. The predicted octanol–water partition coefficient (Wildman–Crippen LogP) is 2.43. The molecule has 1 N–H and O–H groups in total. The summed E-state index contributed by atoms with van der Waals surface area (Å²) in [7, 11) is 4.02. The number of rotatable bonds is 7. The molecule has 1 aromatic rings. The highest BCUT2D eigenvalue weighted by atomic mass is 32.2. The van der Waals surface area contributed by atoms with Crippen molar-refractivity contribution in [3.8, 4) is 5.75 Å². The maximum atomic E-state index is 12.2. The summed E-state index contributed by atoms with van der Waals surface area (Å²) >= 11 is 5.44. The number of carbonyl (C=O) groups excluding carboxylic acids is 3. The number of carbonyl (C=O) groups is 3. The Bertz CT molecular complexity index is 673. The highest BCUT2D eigenvalue weighted by Gasteiger charge is 2.22. The standard InChI is InChI=1S/C15H19N3O6S2/c1-10(9-25)16-24-15(21)18(3)26-17(2)14(20)23-12-8-6-5-7-11(12)13(19)22-4/h5-10,16H,1-4H3. The van der Waals surface area contributed by atoms with Gasteiger partial charge in [0.15, 0.2) is 0 Å². The van der Waals surface area contributed by atoms with Crippen LogP contribution in [0.5, 0.6) is 5.75 Å². The molecule has 0 fully saturated rings. The number of nitrogens with one attached hydrogen (secondary N) is 1. The Kier molecular flexibility index (Phi) is 8.82. The topological polar surface area (TPSA) is 97.4 Å². The number of benzene rings is 1. The number of hydrogen-bond donors (Lipinski definition) is 1. The van der Waals surface area contributed by atoms with Crippen LogP contribution in [0.25, 0.3) is 0 Å². The minimum absolute atomic E-state index is 0.0403. The fourth-order valence-electron chi connectivity index (χ4n) is 1.48. The molecule has 11 heteroatoms. The monoisotopic (exact) mass is 401 g/mol. The summed E-state index contributed by atoms with van der Waals surface area (Å²) in [5, 5.41) is 1.39. The number of para-hydroxylation sites is 1. The maximum Gasteiger partial charge on any atom is 0.439 e. The Hall–Kier alpha value is -2.37. The van der Waals surface area contributed by atoms with E-state index in [9.17, 15) is 14.4 Å². The Morgan fingerprint density at radius 2 is 1.81 bits per heavy atom. The minimum Gasteiger partial charge on any atom is -0.465 e. The molecule has 0 spiro atoms. The van der Waals surface area contributed by atoms with Crippen LogP contribution in [0.1, 0.15) is 17.3 Å². The van der Waals surface area contributed by atoms with Gasteiger partial charge in [-0.15, -0.1) is 5.48 Å². The molecule has 1 aromatic carbocycles. The summed E-state index contributed by atoms with van der Waals surface area (Å²) in [5.41, 5.74) is 2.54. The van der Waals surface area contributed by atoms with Gasteiger partial charge in [-0.3, -0.25) is 0 Å². The highest BCUT2D eigenvalue weighted by Crippen LogP contribution is 2.21. The van der Waals surface area contributed by atoms with Gasteiger partial charge in [0.1, 0.15) is 11.3 Å². The lowest BCUT2D eigenvalue weighted by molar-refractivity contribution is 0.0597. The average molecular weight is 401 g/mol. The van der Waals surface area contributed by atoms with Crippen LogP contribution >= 0.6 is 24.4 Å². The maximum absolute atomic E-state index is 12.2. The molecule has 0 aliphatic heterocycles. The molecule has 0 heterocycles. The predicted molar refractivity (Wildman–Crippen MR) is 99.7 cm³/mol. The number of amides is 2. The average Bonchev–Trinajstić information content (AvgIpc) is 2.65. The molecule has 2 amide bonds. The van der Waals surface area contributed by atoms with Gasteiger partial charge in [-0.05, 0) is 24.4 Å². The van der Waals surface area contributed by atoms with Crippen molar-refractivity contribution < 1.29 is 28.7 Å². The first-order valence-electron chi connectivity index (χ1n) is 7.26. The molecular weight excluding hydrogens is 382 g/mol. The summed E-state index contributed by atoms with van der Waals surface area (Å²) in [6.07, 6.45) is -1.54. The van der Waals surface area contributed by atoms with E-state index >= 15 is 0 Å². The van der Waals surface area contributed by atoms with Crippen molar-refractivity contribution in [2.75, 3.05) is 21.2 Å². The number of esters is 1. The van der Waals surface area contributed by atoms with Gasteiger partial charge in [-0.1, -0.05) is 24.4 Å². The van der Waals surface area contributed by atoms with Crippen molar-refractivity contribution >= 4 is 47.9 Å². The number of thiocarbonyl (C=S) groups is 1. The van der Waals surface area contributed by atoms with Gasteiger partial charge in [-0.25, -0.2) is 23.0 Å². The molecule has 0 saturated carbocycles. The van der Waals surface area contributed by atoms with E-state index in [1.165, 1.54) is 38.7 Å².